The quantitative estimate of drug-likeness (QED) is 0.527. The second kappa shape index (κ2) is 1.86. The number of cyclic esters (lactones) is 2. The Labute approximate surface area is 56.5 Å². The molecule has 1 N–H and O–H groups in total. The topological polar surface area (TPSA) is 72.8 Å². The van der Waals surface area contributed by atoms with Gasteiger partial charge in [-0.05, 0) is 6.92 Å². The Balaban J connectivity index is 2.72. The zero-order valence-electron chi connectivity index (χ0n) is 5.29. The first kappa shape index (κ1) is 6.85. The molecule has 1 fully saturated rings. The van der Waals surface area contributed by atoms with Crippen molar-refractivity contribution in [2.75, 3.05) is 6.61 Å². The predicted molar refractivity (Wildman–Crippen MR) is 28.5 cm³/mol. The van der Waals surface area contributed by atoms with E-state index >= 15 is 0 Å². The number of hydrogen-bond acceptors (Lipinski definition) is 4. The summed E-state index contributed by atoms with van der Waals surface area (Å²) in [6, 6.07) is 0. The van der Waals surface area contributed by atoms with E-state index < -0.39 is 17.7 Å². The SMILES string of the molecule is CC1(C(=O)O)COC(=O)O1. The number of carboxylic acid groups (broad SMARTS) is 1. The lowest BCUT2D eigenvalue weighted by atomic mass is 10.1. The zero-order chi connectivity index (χ0) is 7.78. The molecule has 1 rings (SSSR count). The Bertz CT molecular complexity index is 186. The molecule has 1 atom stereocenters. The highest BCUT2D eigenvalue weighted by molar-refractivity contribution is 5.82. The first-order valence-corrected chi connectivity index (χ1v) is 2.64. The number of hydrogen-bond donors (Lipinski definition) is 1. The van der Waals surface area contributed by atoms with Crippen molar-refractivity contribution >= 4 is 12.1 Å². The fourth-order valence-corrected chi connectivity index (χ4v) is 0.545. The summed E-state index contributed by atoms with van der Waals surface area (Å²) in [6.45, 7) is 1.06. The second-order valence-corrected chi connectivity index (χ2v) is 2.18. The molecule has 1 heterocycles. The van der Waals surface area contributed by atoms with Crippen molar-refractivity contribution in [3.05, 3.63) is 0 Å². The van der Waals surface area contributed by atoms with Crippen molar-refractivity contribution < 1.29 is 24.2 Å². The second-order valence-electron chi connectivity index (χ2n) is 2.18. The number of rotatable bonds is 1. The Morgan fingerprint density at radius 1 is 1.80 bits per heavy atom. The van der Waals surface area contributed by atoms with E-state index in [1.165, 1.54) is 6.92 Å². The molecule has 56 valence electrons. The molecule has 0 bridgehead atoms. The van der Waals surface area contributed by atoms with E-state index in [0.717, 1.165) is 0 Å². The maximum absolute atomic E-state index is 10.3. The molecule has 0 amide bonds. The first-order valence-electron chi connectivity index (χ1n) is 2.64. The lowest BCUT2D eigenvalue weighted by molar-refractivity contribution is -0.153. The van der Waals surface area contributed by atoms with Crippen molar-refractivity contribution in [2.24, 2.45) is 0 Å². The third kappa shape index (κ3) is 0.896. The fraction of sp³-hybridized carbons (Fsp3) is 0.600. The van der Waals surface area contributed by atoms with Crippen molar-refractivity contribution in [3.63, 3.8) is 0 Å². The van der Waals surface area contributed by atoms with Crippen LogP contribution >= 0.6 is 0 Å². The van der Waals surface area contributed by atoms with Crippen LogP contribution in [0, 0.1) is 0 Å². The molecule has 0 saturated carbocycles. The van der Waals surface area contributed by atoms with Crippen LogP contribution in [0.15, 0.2) is 0 Å². The van der Waals surface area contributed by atoms with Crippen molar-refractivity contribution in [1.82, 2.24) is 0 Å². The van der Waals surface area contributed by atoms with E-state index in [-0.39, 0.29) is 6.61 Å². The molecule has 1 aliphatic heterocycles. The Morgan fingerprint density at radius 3 is 2.60 bits per heavy atom. The van der Waals surface area contributed by atoms with Gasteiger partial charge >= 0.3 is 12.1 Å². The van der Waals surface area contributed by atoms with Crippen LogP contribution in [0.3, 0.4) is 0 Å². The lowest BCUT2D eigenvalue weighted by Gasteiger charge is -2.11. The van der Waals surface area contributed by atoms with Crippen LogP contribution in [-0.2, 0) is 14.3 Å². The highest BCUT2D eigenvalue weighted by Gasteiger charge is 2.45. The van der Waals surface area contributed by atoms with Crippen molar-refractivity contribution in [1.29, 1.82) is 0 Å². The number of carbonyl (C=O) groups is 2. The smallest absolute Gasteiger partial charge is 0.478 e. The van der Waals surface area contributed by atoms with Gasteiger partial charge in [0.2, 0.25) is 5.60 Å². The summed E-state index contributed by atoms with van der Waals surface area (Å²) >= 11 is 0. The largest absolute Gasteiger partial charge is 0.509 e. The third-order valence-electron chi connectivity index (χ3n) is 1.23. The molecule has 1 saturated heterocycles. The number of carbonyl (C=O) groups excluding carboxylic acids is 1. The summed E-state index contributed by atoms with van der Waals surface area (Å²) in [7, 11) is 0. The Morgan fingerprint density at radius 2 is 2.40 bits per heavy atom. The van der Waals surface area contributed by atoms with E-state index in [1.807, 2.05) is 0 Å². The van der Waals surface area contributed by atoms with Crippen LogP contribution in [-0.4, -0.2) is 29.4 Å². The zero-order valence-corrected chi connectivity index (χ0v) is 5.29. The summed E-state index contributed by atoms with van der Waals surface area (Å²) in [5, 5.41) is 8.43. The van der Waals surface area contributed by atoms with Gasteiger partial charge in [-0.25, -0.2) is 9.59 Å². The average molecular weight is 146 g/mol. The van der Waals surface area contributed by atoms with E-state index in [9.17, 15) is 9.59 Å². The highest BCUT2D eigenvalue weighted by atomic mass is 16.8. The maximum atomic E-state index is 10.3. The van der Waals surface area contributed by atoms with Crippen LogP contribution in [0.5, 0.6) is 0 Å². The van der Waals surface area contributed by atoms with Crippen LogP contribution < -0.4 is 0 Å². The lowest BCUT2D eigenvalue weighted by Crippen LogP contribution is -2.37. The van der Waals surface area contributed by atoms with Crippen LogP contribution in [0.25, 0.3) is 0 Å². The molecule has 0 aliphatic carbocycles. The summed E-state index contributed by atoms with van der Waals surface area (Å²) in [4.78, 5) is 20.6. The molecule has 0 aromatic rings. The molecule has 1 unspecified atom stereocenters. The minimum Gasteiger partial charge on any atom is -0.478 e. The third-order valence-corrected chi connectivity index (χ3v) is 1.23. The molecular weight excluding hydrogens is 140 g/mol. The minimum absolute atomic E-state index is 0.221. The van der Waals surface area contributed by atoms with Crippen LogP contribution in [0.2, 0.25) is 0 Å². The predicted octanol–water partition coefficient (Wildman–Crippen LogP) is -0.00350. The van der Waals surface area contributed by atoms with E-state index in [1.54, 1.807) is 0 Å². The van der Waals surface area contributed by atoms with Gasteiger partial charge in [0.15, 0.2) is 0 Å². The Hall–Kier alpha value is -1.26. The maximum Gasteiger partial charge on any atom is 0.509 e. The summed E-state index contributed by atoms with van der Waals surface area (Å²) in [6.07, 6.45) is -0.926. The molecule has 1 aliphatic rings. The number of aliphatic carboxylic acids is 1. The van der Waals surface area contributed by atoms with Gasteiger partial charge in [-0.15, -0.1) is 0 Å². The minimum atomic E-state index is -1.49. The van der Waals surface area contributed by atoms with Gasteiger partial charge in [0.05, 0.1) is 0 Å². The molecule has 0 spiro atoms. The van der Waals surface area contributed by atoms with E-state index in [2.05, 4.69) is 9.47 Å². The molecule has 0 radical (unpaired) electrons. The average Bonchev–Trinajstić information content (AvgIpc) is 2.13. The standard InChI is InChI=1S/C5H6O5/c1-5(3(6)7)2-9-4(8)10-5/h2H2,1H3,(H,6,7). The molecule has 0 aromatic heterocycles. The van der Waals surface area contributed by atoms with Crippen LogP contribution in [0.4, 0.5) is 4.79 Å². The Kier molecular flexibility index (Phi) is 1.28. The number of ether oxygens (including phenoxy) is 2. The molecular formula is C5H6O5. The molecule has 5 nitrogen and oxygen atoms in total. The van der Waals surface area contributed by atoms with Gasteiger partial charge < -0.3 is 14.6 Å². The van der Waals surface area contributed by atoms with E-state index in [0.29, 0.717) is 0 Å². The highest BCUT2D eigenvalue weighted by Crippen LogP contribution is 2.18. The van der Waals surface area contributed by atoms with Gasteiger partial charge in [-0.1, -0.05) is 0 Å². The number of carboxylic acids is 1. The molecule has 5 heteroatoms. The summed E-state index contributed by atoms with van der Waals surface area (Å²) in [5.41, 5.74) is -1.49. The molecule has 0 aromatic carbocycles. The summed E-state index contributed by atoms with van der Waals surface area (Å²) in [5.74, 6) is -1.20. The molecule has 10 heavy (non-hydrogen) atoms. The van der Waals surface area contributed by atoms with Gasteiger partial charge in [0, 0.05) is 0 Å². The monoisotopic (exact) mass is 146 g/mol. The van der Waals surface area contributed by atoms with Crippen molar-refractivity contribution in [3.8, 4) is 0 Å². The fourth-order valence-electron chi connectivity index (χ4n) is 0.545. The van der Waals surface area contributed by atoms with Gasteiger partial charge in [0.1, 0.15) is 6.61 Å². The van der Waals surface area contributed by atoms with Crippen LogP contribution in [0.1, 0.15) is 6.92 Å². The van der Waals surface area contributed by atoms with Gasteiger partial charge in [0.25, 0.3) is 0 Å². The van der Waals surface area contributed by atoms with Crippen molar-refractivity contribution in [2.45, 2.75) is 12.5 Å². The van der Waals surface area contributed by atoms with Gasteiger partial charge in [-0.2, -0.15) is 0 Å². The summed E-state index contributed by atoms with van der Waals surface area (Å²) < 4.78 is 8.64. The van der Waals surface area contributed by atoms with E-state index in [4.69, 9.17) is 5.11 Å². The first-order chi connectivity index (χ1) is 4.54. The normalized spacial score (nSPS) is 31.1. The van der Waals surface area contributed by atoms with Gasteiger partial charge in [-0.3, -0.25) is 0 Å².